The fourth-order valence-electron chi connectivity index (χ4n) is 2.11. The Morgan fingerprint density at radius 3 is 2.57 bits per heavy atom. The zero-order valence-electron chi connectivity index (χ0n) is 10.6. The molecule has 0 spiro atoms. The highest BCUT2D eigenvalue weighted by atomic mass is 32.2. The lowest BCUT2D eigenvalue weighted by atomic mass is 10.2. The second-order valence-corrected chi connectivity index (χ2v) is 6.15. The summed E-state index contributed by atoms with van der Waals surface area (Å²) in [4.78, 5) is 36.8. The number of ether oxygens (including phenoxy) is 1. The van der Waals surface area contributed by atoms with Crippen LogP contribution in [-0.4, -0.2) is 33.1 Å². The number of nitrogens with zero attached hydrogens (tertiary/aromatic N) is 1. The normalized spacial score (nSPS) is 24.1. The minimum absolute atomic E-state index is 0.149. The van der Waals surface area contributed by atoms with Gasteiger partial charge in [-0.2, -0.15) is 0 Å². The van der Waals surface area contributed by atoms with Gasteiger partial charge >= 0.3 is 11.9 Å². The first kappa shape index (κ1) is 14.0. The maximum atomic E-state index is 12.4. The van der Waals surface area contributed by atoms with Gasteiger partial charge in [0.25, 0.3) is 5.91 Å². The molecule has 2 saturated heterocycles. The molecule has 0 radical (unpaired) electrons. The number of carbonyl (C=O) groups excluding carboxylic acids is 3. The van der Waals surface area contributed by atoms with Gasteiger partial charge in [0.15, 0.2) is 0 Å². The molecule has 1 atom stereocenters. The molecule has 0 aliphatic carbocycles. The first-order valence-electron chi connectivity index (χ1n) is 6.13. The van der Waals surface area contributed by atoms with Gasteiger partial charge in [0.2, 0.25) is 0 Å². The maximum absolute atomic E-state index is 12.4. The minimum atomic E-state index is -0.938. The molecule has 3 rings (SSSR count). The van der Waals surface area contributed by atoms with Gasteiger partial charge in [-0.1, -0.05) is 54.3 Å². The van der Waals surface area contributed by atoms with Crippen LogP contribution < -0.4 is 0 Å². The average Bonchev–Trinajstić information content (AvgIpc) is 2.91. The molecule has 2 heterocycles. The van der Waals surface area contributed by atoms with Crippen molar-refractivity contribution < 1.29 is 19.1 Å². The van der Waals surface area contributed by atoms with Crippen LogP contribution in [0.1, 0.15) is 12.0 Å². The number of hydrogen-bond acceptors (Lipinski definition) is 6. The molecule has 2 fully saturated rings. The van der Waals surface area contributed by atoms with Crippen molar-refractivity contribution in [2.24, 2.45) is 0 Å². The van der Waals surface area contributed by atoms with Crippen LogP contribution in [0.15, 0.2) is 35.2 Å². The summed E-state index contributed by atoms with van der Waals surface area (Å²) in [6.07, 6.45) is 1.56. The average molecular weight is 319 g/mol. The maximum Gasteiger partial charge on any atom is 0.337 e. The first-order chi connectivity index (χ1) is 10.1. The molecule has 1 aromatic carbocycles. The molecule has 0 aromatic heterocycles. The number of hydrogen-bond donors (Lipinski definition) is 0. The standard InChI is InChI=1S/C14H9NO4S2/c16-11-7-9(13(18)19-11)15-12(17)10(21-14(15)20)6-8-4-2-1-3-5-8/h1-6,9H,7H2/b10-6-/t9-/m0/s1. The zero-order valence-corrected chi connectivity index (χ0v) is 12.3. The summed E-state index contributed by atoms with van der Waals surface area (Å²) in [7, 11) is 0. The molecule has 1 amide bonds. The van der Waals surface area contributed by atoms with Gasteiger partial charge in [0.05, 0.1) is 11.3 Å². The van der Waals surface area contributed by atoms with Gasteiger partial charge in [-0.05, 0) is 11.6 Å². The van der Waals surface area contributed by atoms with Crippen molar-refractivity contribution in [3.63, 3.8) is 0 Å². The van der Waals surface area contributed by atoms with Crippen molar-refractivity contribution in [3.8, 4) is 0 Å². The minimum Gasteiger partial charge on any atom is -0.392 e. The van der Waals surface area contributed by atoms with E-state index >= 15 is 0 Å². The van der Waals surface area contributed by atoms with Crippen LogP contribution in [0.2, 0.25) is 0 Å². The first-order valence-corrected chi connectivity index (χ1v) is 7.35. The molecule has 0 bridgehead atoms. The van der Waals surface area contributed by atoms with E-state index in [1.165, 1.54) is 4.90 Å². The molecule has 21 heavy (non-hydrogen) atoms. The summed E-state index contributed by atoms with van der Waals surface area (Å²) in [5.74, 6) is -1.73. The number of esters is 2. The third-order valence-electron chi connectivity index (χ3n) is 3.08. The van der Waals surface area contributed by atoms with Crippen LogP contribution in [0.5, 0.6) is 0 Å². The van der Waals surface area contributed by atoms with E-state index in [-0.39, 0.29) is 16.6 Å². The van der Waals surface area contributed by atoms with Crippen molar-refractivity contribution in [1.82, 2.24) is 4.90 Å². The molecule has 106 valence electrons. The molecule has 2 aliphatic heterocycles. The second kappa shape index (κ2) is 5.42. The number of cyclic esters (lactones) is 2. The predicted molar refractivity (Wildman–Crippen MR) is 81.0 cm³/mol. The number of thiocarbonyl (C=S) groups is 1. The van der Waals surface area contributed by atoms with E-state index < -0.39 is 18.0 Å². The molecule has 0 unspecified atom stereocenters. The Labute approximate surface area is 129 Å². The van der Waals surface area contributed by atoms with Crippen LogP contribution in [0.4, 0.5) is 0 Å². The second-order valence-electron chi connectivity index (χ2n) is 4.48. The van der Waals surface area contributed by atoms with Crippen molar-refractivity contribution >= 4 is 52.2 Å². The van der Waals surface area contributed by atoms with Crippen molar-refractivity contribution in [1.29, 1.82) is 0 Å². The summed E-state index contributed by atoms with van der Waals surface area (Å²) in [6.45, 7) is 0. The van der Waals surface area contributed by atoms with Crippen LogP contribution in [0.25, 0.3) is 6.08 Å². The summed E-state index contributed by atoms with van der Waals surface area (Å²) in [5.41, 5.74) is 0.864. The van der Waals surface area contributed by atoms with Gasteiger partial charge < -0.3 is 4.74 Å². The highest BCUT2D eigenvalue weighted by Gasteiger charge is 2.46. The van der Waals surface area contributed by atoms with Gasteiger partial charge in [-0.3, -0.25) is 14.5 Å². The van der Waals surface area contributed by atoms with Gasteiger partial charge in [-0.25, -0.2) is 4.79 Å². The number of carbonyl (C=O) groups is 3. The van der Waals surface area contributed by atoms with Gasteiger partial charge in [0.1, 0.15) is 10.4 Å². The highest BCUT2D eigenvalue weighted by molar-refractivity contribution is 8.26. The van der Waals surface area contributed by atoms with E-state index in [1.807, 2.05) is 30.3 Å². The number of amides is 1. The molecule has 0 N–H and O–H groups in total. The molecule has 2 aliphatic rings. The van der Waals surface area contributed by atoms with Crippen LogP contribution >= 0.6 is 24.0 Å². The van der Waals surface area contributed by atoms with E-state index in [2.05, 4.69) is 4.74 Å². The van der Waals surface area contributed by atoms with Gasteiger partial charge in [0, 0.05) is 0 Å². The Morgan fingerprint density at radius 2 is 1.95 bits per heavy atom. The fraction of sp³-hybridized carbons (Fsp3) is 0.143. The quantitative estimate of drug-likeness (QED) is 0.358. The zero-order chi connectivity index (χ0) is 15.0. The van der Waals surface area contributed by atoms with E-state index in [0.29, 0.717) is 4.91 Å². The Kier molecular flexibility index (Phi) is 3.60. The van der Waals surface area contributed by atoms with E-state index in [4.69, 9.17) is 12.2 Å². The van der Waals surface area contributed by atoms with Crippen molar-refractivity contribution in [2.45, 2.75) is 12.5 Å². The SMILES string of the molecule is O=C1C[C@H](N2C(=O)/C(=C/c3ccccc3)SC2=S)C(=O)O1. The molecule has 5 nitrogen and oxygen atoms in total. The monoisotopic (exact) mass is 319 g/mol. The van der Waals surface area contributed by atoms with Gasteiger partial charge in [-0.15, -0.1) is 0 Å². The molecular formula is C14H9NO4S2. The topological polar surface area (TPSA) is 63.7 Å². The summed E-state index contributed by atoms with van der Waals surface area (Å²) in [5, 5.41) is 0. The summed E-state index contributed by atoms with van der Waals surface area (Å²) in [6, 6.07) is 8.38. The third kappa shape index (κ3) is 2.62. The lowest BCUT2D eigenvalue weighted by molar-refractivity contribution is -0.153. The van der Waals surface area contributed by atoms with E-state index in [1.54, 1.807) is 6.08 Å². The number of rotatable bonds is 2. The lowest BCUT2D eigenvalue weighted by Gasteiger charge is -2.17. The molecule has 1 aromatic rings. The number of thioether (sulfide) groups is 1. The Morgan fingerprint density at radius 1 is 1.24 bits per heavy atom. The van der Waals surface area contributed by atoms with E-state index in [0.717, 1.165) is 17.3 Å². The summed E-state index contributed by atoms with van der Waals surface area (Å²) >= 11 is 6.26. The van der Waals surface area contributed by atoms with Crippen molar-refractivity contribution in [2.75, 3.05) is 0 Å². The largest absolute Gasteiger partial charge is 0.392 e. The third-order valence-corrected chi connectivity index (χ3v) is 4.41. The van der Waals surface area contributed by atoms with Crippen LogP contribution in [0.3, 0.4) is 0 Å². The fourth-order valence-corrected chi connectivity index (χ4v) is 3.47. The van der Waals surface area contributed by atoms with Crippen LogP contribution in [0, 0.1) is 0 Å². The van der Waals surface area contributed by atoms with Crippen molar-refractivity contribution in [3.05, 3.63) is 40.8 Å². The Hall–Kier alpha value is -1.99. The molecular weight excluding hydrogens is 310 g/mol. The molecule has 0 saturated carbocycles. The Bertz CT molecular complexity index is 683. The Balaban J connectivity index is 1.88. The molecule has 7 heteroatoms. The lowest BCUT2D eigenvalue weighted by Crippen LogP contribution is -2.41. The highest BCUT2D eigenvalue weighted by Crippen LogP contribution is 2.35. The smallest absolute Gasteiger partial charge is 0.337 e. The summed E-state index contributed by atoms with van der Waals surface area (Å²) < 4.78 is 4.74. The van der Waals surface area contributed by atoms with E-state index in [9.17, 15) is 14.4 Å². The number of benzene rings is 1. The predicted octanol–water partition coefficient (Wildman–Crippen LogP) is 1.73. The van der Waals surface area contributed by atoms with Crippen LogP contribution in [-0.2, 0) is 19.1 Å².